The molecular weight excluding hydrogens is 238 g/mol. The van der Waals surface area contributed by atoms with Crippen molar-refractivity contribution in [2.45, 2.75) is 40.7 Å². The van der Waals surface area contributed by atoms with Gasteiger partial charge in [-0.05, 0) is 44.4 Å². The summed E-state index contributed by atoms with van der Waals surface area (Å²) < 4.78 is 0. The molecule has 1 rings (SSSR count). The second-order valence-corrected chi connectivity index (χ2v) is 5.65. The minimum Gasteiger partial charge on any atom is -0.409 e. The highest BCUT2D eigenvalue weighted by atomic mass is 16.4. The van der Waals surface area contributed by atoms with Crippen LogP contribution >= 0.6 is 0 Å². The van der Waals surface area contributed by atoms with Crippen LogP contribution < -0.4 is 10.6 Å². The van der Waals surface area contributed by atoms with E-state index in [0.29, 0.717) is 12.0 Å². The Hall–Kier alpha value is -1.71. The van der Waals surface area contributed by atoms with E-state index < -0.39 is 0 Å². The van der Waals surface area contributed by atoms with Crippen molar-refractivity contribution in [1.82, 2.24) is 0 Å². The molecule has 1 aromatic carbocycles. The van der Waals surface area contributed by atoms with Crippen molar-refractivity contribution in [2.75, 3.05) is 11.4 Å². The van der Waals surface area contributed by atoms with Gasteiger partial charge in [-0.25, -0.2) is 0 Å². The Kier molecular flexibility index (Phi) is 5.21. The quantitative estimate of drug-likeness (QED) is 0.371. The number of hydrogen-bond acceptors (Lipinski definition) is 3. The van der Waals surface area contributed by atoms with Crippen molar-refractivity contribution in [3.63, 3.8) is 0 Å². The van der Waals surface area contributed by atoms with Gasteiger partial charge < -0.3 is 15.8 Å². The second kappa shape index (κ2) is 6.45. The topological polar surface area (TPSA) is 61.9 Å². The first-order valence-corrected chi connectivity index (χ1v) is 6.72. The molecule has 1 aromatic rings. The summed E-state index contributed by atoms with van der Waals surface area (Å²) in [5.41, 5.74) is 8.76. The first-order chi connectivity index (χ1) is 8.86. The van der Waals surface area contributed by atoms with E-state index in [4.69, 9.17) is 10.9 Å². The van der Waals surface area contributed by atoms with Crippen LogP contribution in [0.4, 0.5) is 5.69 Å². The molecule has 0 spiro atoms. The van der Waals surface area contributed by atoms with E-state index in [2.05, 4.69) is 43.8 Å². The molecule has 4 nitrogen and oxygen atoms in total. The lowest BCUT2D eigenvalue weighted by atomic mass is 10.0. The molecule has 0 fully saturated rings. The van der Waals surface area contributed by atoms with E-state index >= 15 is 0 Å². The summed E-state index contributed by atoms with van der Waals surface area (Å²) in [7, 11) is 0. The molecule has 0 radical (unpaired) electrons. The monoisotopic (exact) mass is 263 g/mol. The highest BCUT2D eigenvalue weighted by Crippen LogP contribution is 2.25. The predicted molar refractivity (Wildman–Crippen MR) is 81.0 cm³/mol. The van der Waals surface area contributed by atoms with Crippen molar-refractivity contribution in [3.8, 4) is 0 Å². The lowest BCUT2D eigenvalue weighted by Crippen LogP contribution is -2.36. The van der Waals surface area contributed by atoms with Gasteiger partial charge >= 0.3 is 0 Å². The molecule has 0 aliphatic heterocycles. The minimum atomic E-state index is 0.157. The van der Waals surface area contributed by atoms with Crippen molar-refractivity contribution in [3.05, 3.63) is 29.3 Å². The van der Waals surface area contributed by atoms with Crippen molar-refractivity contribution in [1.29, 1.82) is 0 Å². The van der Waals surface area contributed by atoms with E-state index in [9.17, 15) is 0 Å². The van der Waals surface area contributed by atoms with E-state index in [0.717, 1.165) is 17.8 Å². The summed E-state index contributed by atoms with van der Waals surface area (Å²) in [4.78, 5) is 2.30. The number of oxime groups is 1. The Balaban J connectivity index is 3.31. The fourth-order valence-electron chi connectivity index (χ4n) is 2.13. The third-order valence-corrected chi connectivity index (χ3v) is 3.03. The van der Waals surface area contributed by atoms with Crippen LogP contribution in [-0.4, -0.2) is 23.6 Å². The molecule has 0 bridgehead atoms. The lowest BCUT2D eigenvalue weighted by Gasteiger charge is -2.32. The zero-order chi connectivity index (χ0) is 14.6. The number of nitrogens with two attached hydrogens (primary N) is 1. The fraction of sp³-hybridized carbons (Fsp3) is 0.533. The Bertz CT molecular complexity index is 453. The molecule has 0 heterocycles. The second-order valence-electron chi connectivity index (χ2n) is 5.65. The van der Waals surface area contributed by atoms with Gasteiger partial charge in [-0.2, -0.15) is 0 Å². The molecule has 0 aliphatic rings. The Morgan fingerprint density at radius 2 is 1.95 bits per heavy atom. The third kappa shape index (κ3) is 3.88. The van der Waals surface area contributed by atoms with Gasteiger partial charge in [0, 0.05) is 23.8 Å². The molecule has 19 heavy (non-hydrogen) atoms. The van der Waals surface area contributed by atoms with Crippen LogP contribution in [0.15, 0.2) is 23.4 Å². The summed E-state index contributed by atoms with van der Waals surface area (Å²) in [5, 5.41) is 12.1. The van der Waals surface area contributed by atoms with Crippen LogP contribution in [0.3, 0.4) is 0 Å². The third-order valence-electron chi connectivity index (χ3n) is 3.03. The first-order valence-electron chi connectivity index (χ1n) is 6.72. The molecule has 0 atom stereocenters. The van der Waals surface area contributed by atoms with Crippen molar-refractivity contribution in [2.24, 2.45) is 16.8 Å². The number of nitrogens with zero attached hydrogens (tertiary/aromatic N) is 2. The first kappa shape index (κ1) is 15.3. The van der Waals surface area contributed by atoms with Crippen molar-refractivity contribution < 1.29 is 5.21 Å². The highest BCUT2D eigenvalue weighted by molar-refractivity contribution is 6.02. The maximum Gasteiger partial charge on any atom is 0.172 e. The van der Waals surface area contributed by atoms with Crippen LogP contribution in [-0.2, 0) is 0 Å². The maximum atomic E-state index is 8.93. The molecule has 4 heteroatoms. The van der Waals surface area contributed by atoms with Gasteiger partial charge in [0.15, 0.2) is 5.84 Å². The van der Waals surface area contributed by atoms with Crippen LogP contribution in [0, 0.1) is 12.8 Å². The molecule has 0 saturated carbocycles. The minimum absolute atomic E-state index is 0.157. The number of amidine groups is 1. The normalized spacial score (nSPS) is 12.3. The Morgan fingerprint density at radius 3 is 2.42 bits per heavy atom. The largest absolute Gasteiger partial charge is 0.409 e. The number of benzene rings is 1. The summed E-state index contributed by atoms with van der Waals surface area (Å²) in [6.45, 7) is 11.7. The van der Waals surface area contributed by atoms with Gasteiger partial charge in [-0.15, -0.1) is 0 Å². The van der Waals surface area contributed by atoms with Gasteiger partial charge in [-0.1, -0.05) is 25.1 Å². The Morgan fingerprint density at radius 1 is 1.32 bits per heavy atom. The van der Waals surface area contributed by atoms with Crippen molar-refractivity contribution >= 4 is 11.5 Å². The van der Waals surface area contributed by atoms with Gasteiger partial charge in [-0.3, -0.25) is 0 Å². The molecule has 106 valence electrons. The maximum absolute atomic E-state index is 8.93. The summed E-state index contributed by atoms with van der Waals surface area (Å²) in [6, 6.07) is 6.34. The number of rotatable bonds is 5. The molecule has 0 amide bonds. The van der Waals surface area contributed by atoms with E-state index in [-0.39, 0.29) is 5.84 Å². The average molecular weight is 263 g/mol. The van der Waals surface area contributed by atoms with Crippen LogP contribution in [0.25, 0.3) is 0 Å². The molecule has 3 N–H and O–H groups in total. The van der Waals surface area contributed by atoms with Gasteiger partial charge in [0.25, 0.3) is 0 Å². The van der Waals surface area contributed by atoms with Gasteiger partial charge in [0.1, 0.15) is 0 Å². The van der Waals surface area contributed by atoms with E-state index in [1.165, 1.54) is 5.56 Å². The van der Waals surface area contributed by atoms with Crippen LogP contribution in [0.1, 0.15) is 38.8 Å². The average Bonchev–Trinajstić information content (AvgIpc) is 2.34. The highest BCUT2D eigenvalue weighted by Gasteiger charge is 2.17. The van der Waals surface area contributed by atoms with Crippen LogP contribution in [0.5, 0.6) is 0 Å². The smallest absolute Gasteiger partial charge is 0.172 e. The molecule has 0 saturated heterocycles. The number of aryl methyl sites for hydroxylation is 1. The zero-order valence-corrected chi connectivity index (χ0v) is 12.5. The predicted octanol–water partition coefficient (Wildman–Crippen LogP) is 2.96. The van der Waals surface area contributed by atoms with Crippen LogP contribution in [0.2, 0.25) is 0 Å². The number of anilines is 1. The van der Waals surface area contributed by atoms with E-state index in [1.807, 2.05) is 19.1 Å². The molecular formula is C15H25N3O. The van der Waals surface area contributed by atoms with E-state index in [1.54, 1.807) is 0 Å². The Labute approximate surface area is 115 Å². The summed E-state index contributed by atoms with van der Waals surface area (Å²) in [6.07, 6.45) is 0. The summed E-state index contributed by atoms with van der Waals surface area (Å²) >= 11 is 0. The van der Waals surface area contributed by atoms with Gasteiger partial charge in [0.05, 0.1) is 0 Å². The molecule has 0 unspecified atom stereocenters. The standard InChI is InChI=1S/C15H25N3O/c1-10(2)9-18(11(3)4)14-8-12(5)6-7-13(14)15(16)17-19/h6-8,10-11,19H,9H2,1-5H3,(H2,16,17). The lowest BCUT2D eigenvalue weighted by molar-refractivity contribution is 0.318. The summed E-state index contributed by atoms with van der Waals surface area (Å²) in [5.74, 6) is 0.701. The molecule has 0 aliphatic carbocycles. The number of hydrogen-bond donors (Lipinski definition) is 2. The molecule has 0 aromatic heterocycles. The fourth-order valence-corrected chi connectivity index (χ4v) is 2.13. The SMILES string of the molecule is Cc1ccc(C(N)=NO)c(N(CC(C)C)C(C)C)c1. The van der Waals surface area contributed by atoms with Gasteiger partial charge in [0.2, 0.25) is 0 Å². The zero-order valence-electron chi connectivity index (χ0n) is 12.5.